The van der Waals surface area contributed by atoms with E-state index in [4.69, 9.17) is 4.74 Å². The van der Waals surface area contributed by atoms with Gasteiger partial charge in [-0.1, -0.05) is 30.3 Å². The van der Waals surface area contributed by atoms with Gasteiger partial charge in [0.15, 0.2) is 0 Å². The largest absolute Gasteiger partial charge is 0.508 e. The van der Waals surface area contributed by atoms with Crippen molar-refractivity contribution in [1.82, 2.24) is 0 Å². The summed E-state index contributed by atoms with van der Waals surface area (Å²) in [5.74, 6) is 0.0671. The predicted octanol–water partition coefficient (Wildman–Crippen LogP) is 2.52. The van der Waals surface area contributed by atoms with Crippen LogP contribution in [0, 0.1) is 0 Å². The number of anilines is 1. The van der Waals surface area contributed by atoms with Gasteiger partial charge in [0.2, 0.25) is 0 Å². The number of aromatic hydroxyl groups is 1. The Kier molecular flexibility index (Phi) is 6.92. The molecule has 1 aliphatic heterocycles. The fourth-order valence-corrected chi connectivity index (χ4v) is 3.72. The fraction of sp³-hybridized carbons (Fsp3) is 0.391. The molecule has 0 spiro atoms. The first-order chi connectivity index (χ1) is 13.9. The quantitative estimate of drug-likeness (QED) is 0.597. The molecule has 1 heterocycles. The average molecular weight is 399 g/mol. The van der Waals surface area contributed by atoms with E-state index in [0.29, 0.717) is 12.0 Å². The SMILES string of the molecule is C/C=C(/Cc1ccc(O)c(C2CC(O)[C@H](O)[C@@H](CO)O2)c1)N(C)c1ccccc1. The van der Waals surface area contributed by atoms with Gasteiger partial charge >= 0.3 is 0 Å². The van der Waals surface area contributed by atoms with Gasteiger partial charge in [0.25, 0.3) is 0 Å². The minimum Gasteiger partial charge on any atom is -0.508 e. The second-order valence-corrected chi connectivity index (χ2v) is 7.38. The van der Waals surface area contributed by atoms with Gasteiger partial charge in [0.1, 0.15) is 18.0 Å². The Bertz CT molecular complexity index is 838. The third-order valence-corrected chi connectivity index (χ3v) is 5.48. The van der Waals surface area contributed by atoms with Crippen LogP contribution in [0.15, 0.2) is 60.3 Å². The zero-order chi connectivity index (χ0) is 21.0. The average Bonchev–Trinajstić information content (AvgIpc) is 2.75. The number of aliphatic hydroxyl groups excluding tert-OH is 3. The van der Waals surface area contributed by atoms with E-state index in [9.17, 15) is 20.4 Å². The molecule has 2 unspecified atom stereocenters. The van der Waals surface area contributed by atoms with E-state index in [1.165, 1.54) is 0 Å². The zero-order valence-electron chi connectivity index (χ0n) is 16.8. The van der Waals surface area contributed by atoms with Gasteiger partial charge in [0, 0.05) is 36.8 Å². The molecule has 0 aliphatic carbocycles. The van der Waals surface area contributed by atoms with Crippen molar-refractivity contribution in [3.05, 3.63) is 71.4 Å². The van der Waals surface area contributed by atoms with E-state index >= 15 is 0 Å². The third kappa shape index (κ3) is 4.79. The van der Waals surface area contributed by atoms with E-state index in [1.807, 2.05) is 56.4 Å². The Morgan fingerprint density at radius 2 is 1.90 bits per heavy atom. The minimum atomic E-state index is -1.14. The molecule has 0 saturated carbocycles. The lowest BCUT2D eigenvalue weighted by Gasteiger charge is -2.36. The summed E-state index contributed by atoms with van der Waals surface area (Å²) in [5.41, 5.74) is 3.71. The molecule has 1 fully saturated rings. The van der Waals surface area contributed by atoms with Gasteiger partial charge in [-0.05, 0) is 36.8 Å². The van der Waals surface area contributed by atoms with E-state index in [0.717, 1.165) is 16.9 Å². The summed E-state index contributed by atoms with van der Waals surface area (Å²) < 4.78 is 5.74. The normalized spacial score (nSPS) is 25.1. The minimum absolute atomic E-state index is 0.0671. The van der Waals surface area contributed by atoms with E-state index in [2.05, 4.69) is 11.0 Å². The molecule has 6 heteroatoms. The molecule has 4 atom stereocenters. The number of nitrogens with zero attached hydrogens (tertiary/aromatic N) is 1. The Hall–Kier alpha value is -2.38. The highest BCUT2D eigenvalue weighted by Gasteiger charge is 2.37. The lowest BCUT2D eigenvalue weighted by molar-refractivity contribution is -0.181. The fourth-order valence-electron chi connectivity index (χ4n) is 3.72. The van der Waals surface area contributed by atoms with Crippen LogP contribution in [0.2, 0.25) is 0 Å². The number of ether oxygens (including phenoxy) is 1. The van der Waals surface area contributed by atoms with Crippen LogP contribution in [0.4, 0.5) is 5.69 Å². The molecule has 29 heavy (non-hydrogen) atoms. The Balaban J connectivity index is 1.81. The van der Waals surface area contributed by atoms with Gasteiger partial charge in [-0.3, -0.25) is 0 Å². The van der Waals surface area contributed by atoms with Crippen molar-refractivity contribution in [1.29, 1.82) is 0 Å². The Morgan fingerprint density at radius 1 is 1.17 bits per heavy atom. The molecule has 1 saturated heterocycles. The van der Waals surface area contributed by atoms with Crippen LogP contribution in [0.3, 0.4) is 0 Å². The van der Waals surface area contributed by atoms with Gasteiger partial charge in [-0.25, -0.2) is 0 Å². The second kappa shape index (κ2) is 9.41. The standard InChI is InChI=1S/C23H29NO5/c1-3-16(24(2)17-7-5-4-6-8-17)11-15-9-10-19(26)18(12-15)21-13-20(27)23(28)22(14-25)29-21/h3-10,12,20-23,25-28H,11,13-14H2,1-2H3/b16-3-/t20?,21?,22-,23+/m1/s1. The number of phenols is 1. The molecule has 4 N–H and O–H groups in total. The molecule has 2 aromatic carbocycles. The molecule has 156 valence electrons. The summed E-state index contributed by atoms with van der Waals surface area (Å²) in [7, 11) is 2.01. The van der Waals surface area contributed by atoms with Gasteiger partial charge in [-0.2, -0.15) is 0 Å². The number of rotatable bonds is 6. The molecule has 2 aromatic rings. The molecule has 1 aliphatic rings. The van der Waals surface area contributed by atoms with Crippen LogP contribution < -0.4 is 4.90 Å². The highest BCUT2D eigenvalue weighted by Crippen LogP contribution is 2.37. The predicted molar refractivity (Wildman–Crippen MR) is 112 cm³/mol. The van der Waals surface area contributed by atoms with Crippen molar-refractivity contribution >= 4 is 5.69 Å². The van der Waals surface area contributed by atoms with Gasteiger partial charge in [-0.15, -0.1) is 0 Å². The number of allylic oxidation sites excluding steroid dienone is 2. The van der Waals surface area contributed by atoms with E-state index in [1.54, 1.807) is 6.07 Å². The number of hydrogen-bond donors (Lipinski definition) is 4. The second-order valence-electron chi connectivity index (χ2n) is 7.38. The summed E-state index contributed by atoms with van der Waals surface area (Å²) in [6, 6.07) is 15.4. The van der Waals surface area contributed by atoms with Gasteiger partial charge < -0.3 is 30.1 Å². The molecule has 0 radical (unpaired) electrons. The van der Waals surface area contributed by atoms with Crippen LogP contribution >= 0.6 is 0 Å². The lowest BCUT2D eigenvalue weighted by atomic mass is 9.92. The third-order valence-electron chi connectivity index (χ3n) is 5.48. The number of aliphatic hydroxyl groups is 3. The summed E-state index contributed by atoms with van der Waals surface area (Å²) in [6.07, 6.45) is -0.807. The summed E-state index contributed by atoms with van der Waals surface area (Å²) >= 11 is 0. The van der Waals surface area contributed by atoms with Crippen LogP contribution in [-0.4, -0.2) is 52.4 Å². The molecular weight excluding hydrogens is 370 g/mol. The maximum atomic E-state index is 10.4. The first-order valence-corrected chi connectivity index (χ1v) is 9.82. The molecule has 0 amide bonds. The van der Waals surface area contributed by atoms with Crippen LogP contribution in [-0.2, 0) is 11.2 Å². The summed E-state index contributed by atoms with van der Waals surface area (Å²) in [5, 5.41) is 39.8. The van der Waals surface area contributed by atoms with Gasteiger partial charge in [0.05, 0.1) is 18.8 Å². The van der Waals surface area contributed by atoms with Crippen molar-refractivity contribution in [2.45, 2.75) is 44.2 Å². The highest BCUT2D eigenvalue weighted by molar-refractivity contribution is 5.52. The molecular formula is C23H29NO5. The maximum Gasteiger partial charge on any atom is 0.121 e. The number of benzene rings is 2. The Labute approximate surface area is 171 Å². The van der Waals surface area contributed by atoms with Crippen LogP contribution in [0.25, 0.3) is 0 Å². The Morgan fingerprint density at radius 3 is 2.55 bits per heavy atom. The van der Waals surface area contributed by atoms with Crippen molar-refractivity contribution in [3.63, 3.8) is 0 Å². The highest BCUT2D eigenvalue weighted by atomic mass is 16.5. The number of hydrogen-bond acceptors (Lipinski definition) is 6. The van der Waals surface area contributed by atoms with Crippen LogP contribution in [0.1, 0.15) is 30.6 Å². The zero-order valence-corrected chi connectivity index (χ0v) is 16.8. The van der Waals surface area contributed by atoms with E-state index in [-0.39, 0.29) is 12.2 Å². The molecule has 0 aromatic heterocycles. The van der Waals surface area contributed by atoms with Crippen LogP contribution in [0.5, 0.6) is 5.75 Å². The molecule has 6 nitrogen and oxygen atoms in total. The van der Waals surface area contributed by atoms with Crippen molar-refractivity contribution in [2.24, 2.45) is 0 Å². The number of likely N-dealkylation sites (N-methyl/N-ethyl adjacent to an activating group) is 1. The maximum absolute atomic E-state index is 10.4. The molecule has 0 bridgehead atoms. The first-order valence-electron chi connectivity index (χ1n) is 9.82. The van der Waals surface area contributed by atoms with Crippen molar-refractivity contribution < 1.29 is 25.2 Å². The first kappa shape index (κ1) is 21.3. The number of phenolic OH excluding ortho intramolecular Hbond substituents is 1. The van der Waals surface area contributed by atoms with Crippen molar-refractivity contribution in [3.8, 4) is 5.75 Å². The van der Waals surface area contributed by atoms with E-state index < -0.39 is 31.0 Å². The summed E-state index contributed by atoms with van der Waals surface area (Å²) in [6.45, 7) is 1.59. The molecule has 3 rings (SSSR count). The van der Waals surface area contributed by atoms with Crippen molar-refractivity contribution in [2.75, 3.05) is 18.6 Å². The smallest absolute Gasteiger partial charge is 0.121 e. The lowest BCUT2D eigenvalue weighted by Crippen LogP contribution is -2.47. The number of para-hydroxylation sites is 1. The summed E-state index contributed by atoms with van der Waals surface area (Å²) in [4.78, 5) is 2.12. The topological polar surface area (TPSA) is 93.4 Å². The monoisotopic (exact) mass is 399 g/mol.